The van der Waals surface area contributed by atoms with E-state index in [-0.39, 0.29) is 0 Å². The Balaban J connectivity index is 2.60. The molecule has 0 amide bonds. The van der Waals surface area contributed by atoms with Gasteiger partial charge in [0.15, 0.2) is 0 Å². The van der Waals surface area contributed by atoms with Crippen molar-refractivity contribution in [3.8, 4) is 0 Å². The molecule has 0 aromatic rings. The minimum Gasteiger partial charge on any atom is -0.381 e. The second-order valence-electron chi connectivity index (χ2n) is 2.07. The lowest BCUT2D eigenvalue weighted by Gasteiger charge is -1.99. The summed E-state index contributed by atoms with van der Waals surface area (Å²) in [6.45, 7) is 4.28. The van der Waals surface area contributed by atoms with Crippen LogP contribution >= 0.6 is 0 Å². The molecule has 0 aliphatic carbocycles. The van der Waals surface area contributed by atoms with Crippen LogP contribution in [0, 0.1) is 0 Å². The predicted octanol–water partition coefficient (Wildman–Crippen LogP) is 1.48. The minimum atomic E-state index is 0.492. The Morgan fingerprint density at radius 3 is 2.44 bits per heavy atom. The van der Waals surface area contributed by atoms with E-state index in [0.29, 0.717) is 6.54 Å². The largest absolute Gasteiger partial charge is 0.381 e. The summed E-state index contributed by atoms with van der Waals surface area (Å²) in [5.74, 6) is 0. The third-order valence-electron chi connectivity index (χ3n) is 1.11. The number of hydrogen-bond acceptors (Lipinski definition) is 1. The Morgan fingerprint density at radius 2 is 1.89 bits per heavy atom. The topological polar surface area (TPSA) is 33.0 Å². The number of nitrogens with one attached hydrogen (secondary N) is 1. The fourth-order valence-corrected chi connectivity index (χ4v) is 0.523. The van der Waals surface area contributed by atoms with Crippen molar-refractivity contribution in [3.05, 3.63) is 0 Å². The van der Waals surface area contributed by atoms with Gasteiger partial charge in [0.25, 0.3) is 0 Å². The van der Waals surface area contributed by atoms with E-state index in [0.717, 1.165) is 26.1 Å². The summed E-state index contributed by atoms with van der Waals surface area (Å²) in [6, 6.07) is 0. The average molecular weight is 130 g/mol. The molecule has 0 aliphatic heterocycles. The van der Waals surface area contributed by atoms with Crippen molar-refractivity contribution in [2.75, 3.05) is 19.8 Å². The summed E-state index contributed by atoms with van der Waals surface area (Å²) in [5.41, 5.74) is 6.80. The summed E-state index contributed by atoms with van der Waals surface area (Å²) in [4.78, 5) is 0. The molecule has 2 nitrogen and oxygen atoms in total. The van der Waals surface area contributed by atoms with Gasteiger partial charge < -0.3 is 4.74 Å². The monoisotopic (exact) mass is 130 g/mol. The molecular formula is C7H16NO. The van der Waals surface area contributed by atoms with Gasteiger partial charge in [-0.15, -0.1) is 0 Å². The molecule has 0 aliphatic rings. The van der Waals surface area contributed by atoms with Gasteiger partial charge in [0.1, 0.15) is 0 Å². The van der Waals surface area contributed by atoms with E-state index in [1.807, 2.05) is 0 Å². The fraction of sp³-hybridized carbons (Fsp3) is 1.00. The molecule has 1 radical (unpaired) electrons. The van der Waals surface area contributed by atoms with Gasteiger partial charge in [-0.25, -0.2) is 0 Å². The normalized spacial score (nSPS) is 10.0. The van der Waals surface area contributed by atoms with E-state index < -0.39 is 0 Å². The van der Waals surface area contributed by atoms with Gasteiger partial charge in [-0.3, -0.25) is 5.73 Å². The highest BCUT2D eigenvalue weighted by atomic mass is 16.5. The third-order valence-corrected chi connectivity index (χ3v) is 1.11. The number of rotatable bonds is 6. The van der Waals surface area contributed by atoms with Crippen LogP contribution in [0.15, 0.2) is 0 Å². The molecule has 0 unspecified atom stereocenters. The quantitative estimate of drug-likeness (QED) is 0.501. The first-order valence-electron chi connectivity index (χ1n) is 3.64. The van der Waals surface area contributed by atoms with Crippen LogP contribution in [-0.2, 0) is 4.74 Å². The van der Waals surface area contributed by atoms with Crippen molar-refractivity contribution >= 4 is 0 Å². The molecule has 0 spiro atoms. The molecule has 0 saturated carbocycles. The summed E-state index contributed by atoms with van der Waals surface area (Å²) in [5, 5.41) is 0. The Labute approximate surface area is 57.4 Å². The zero-order valence-electron chi connectivity index (χ0n) is 6.15. The Kier molecular flexibility index (Phi) is 7.85. The Morgan fingerprint density at radius 1 is 1.22 bits per heavy atom. The van der Waals surface area contributed by atoms with Crippen molar-refractivity contribution in [1.82, 2.24) is 5.73 Å². The molecule has 0 rings (SSSR count). The van der Waals surface area contributed by atoms with Crippen LogP contribution < -0.4 is 5.73 Å². The maximum absolute atomic E-state index is 6.80. The van der Waals surface area contributed by atoms with Crippen LogP contribution in [0.1, 0.15) is 26.2 Å². The van der Waals surface area contributed by atoms with Gasteiger partial charge in [-0.05, 0) is 12.8 Å². The number of hydrogen-bond donors (Lipinski definition) is 0. The highest BCUT2D eigenvalue weighted by Gasteiger charge is 1.84. The molecule has 55 valence electrons. The van der Waals surface area contributed by atoms with Crippen molar-refractivity contribution in [1.29, 1.82) is 0 Å². The van der Waals surface area contributed by atoms with Crippen LogP contribution in [0.2, 0.25) is 0 Å². The molecule has 0 heterocycles. The molecule has 9 heavy (non-hydrogen) atoms. The summed E-state index contributed by atoms with van der Waals surface area (Å²) < 4.78 is 5.19. The lowest BCUT2D eigenvalue weighted by molar-refractivity contribution is 0.130. The van der Waals surface area contributed by atoms with E-state index in [1.54, 1.807) is 0 Å². The maximum atomic E-state index is 6.80. The lowest BCUT2D eigenvalue weighted by Crippen LogP contribution is -1.98. The molecule has 0 fully saturated rings. The van der Waals surface area contributed by atoms with Gasteiger partial charge >= 0.3 is 0 Å². The zero-order valence-corrected chi connectivity index (χ0v) is 6.15. The van der Waals surface area contributed by atoms with E-state index in [2.05, 4.69) is 6.92 Å². The lowest BCUT2D eigenvalue weighted by atomic mass is 10.4. The van der Waals surface area contributed by atoms with Gasteiger partial charge in [-0.1, -0.05) is 13.3 Å². The van der Waals surface area contributed by atoms with Crippen LogP contribution in [0.25, 0.3) is 0 Å². The smallest absolute Gasteiger partial charge is 0.0478 e. The molecule has 0 aromatic heterocycles. The van der Waals surface area contributed by atoms with Crippen molar-refractivity contribution in [3.63, 3.8) is 0 Å². The second-order valence-corrected chi connectivity index (χ2v) is 2.07. The molecule has 2 heteroatoms. The molecule has 0 aromatic carbocycles. The highest BCUT2D eigenvalue weighted by molar-refractivity contribution is 4.35. The standard InChI is InChI=1S/C7H16NO/c1-2-3-6-9-7-4-5-8/h8H,2-7H2,1H3. The van der Waals surface area contributed by atoms with Crippen molar-refractivity contribution in [2.24, 2.45) is 0 Å². The molecule has 0 saturated heterocycles. The van der Waals surface area contributed by atoms with Gasteiger partial charge in [0.2, 0.25) is 0 Å². The first-order chi connectivity index (χ1) is 4.41. The fourth-order valence-electron chi connectivity index (χ4n) is 0.523. The van der Waals surface area contributed by atoms with Crippen LogP contribution in [0.5, 0.6) is 0 Å². The molecular weight excluding hydrogens is 114 g/mol. The van der Waals surface area contributed by atoms with Crippen molar-refractivity contribution < 1.29 is 4.74 Å². The Bertz CT molecular complexity index is 42.2. The van der Waals surface area contributed by atoms with Crippen molar-refractivity contribution in [2.45, 2.75) is 26.2 Å². The first kappa shape index (κ1) is 8.92. The molecule has 0 bridgehead atoms. The summed E-state index contributed by atoms with van der Waals surface area (Å²) in [6.07, 6.45) is 3.22. The van der Waals surface area contributed by atoms with E-state index in [9.17, 15) is 0 Å². The Hall–Kier alpha value is -0.0800. The third kappa shape index (κ3) is 7.92. The highest BCUT2D eigenvalue weighted by Crippen LogP contribution is 1.88. The SMILES string of the molecule is CCCCOCCC[NH]. The zero-order chi connectivity index (χ0) is 6.95. The van der Waals surface area contributed by atoms with Gasteiger partial charge in [0.05, 0.1) is 0 Å². The number of unbranched alkanes of at least 4 members (excludes halogenated alkanes) is 1. The molecule has 0 atom stereocenters. The summed E-state index contributed by atoms with van der Waals surface area (Å²) in [7, 11) is 0. The number of ether oxygens (including phenoxy) is 1. The average Bonchev–Trinajstić information content (AvgIpc) is 1.89. The van der Waals surface area contributed by atoms with E-state index in [1.165, 1.54) is 6.42 Å². The van der Waals surface area contributed by atoms with Crippen LogP contribution in [0.3, 0.4) is 0 Å². The molecule has 1 N–H and O–H groups in total. The maximum Gasteiger partial charge on any atom is 0.0478 e. The first-order valence-corrected chi connectivity index (χ1v) is 3.64. The van der Waals surface area contributed by atoms with Crippen LogP contribution in [-0.4, -0.2) is 19.8 Å². The van der Waals surface area contributed by atoms with Crippen LogP contribution in [0.4, 0.5) is 0 Å². The summed E-state index contributed by atoms with van der Waals surface area (Å²) >= 11 is 0. The van der Waals surface area contributed by atoms with E-state index in [4.69, 9.17) is 10.5 Å². The predicted molar refractivity (Wildman–Crippen MR) is 38.3 cm³/mol. The van der Waals surface area contributed by atoms with E-state index >= 15 is 0 Å². The van der Waals surface area contributed by atoms with Gasteiger partial charge in [0, 0.05) is 19.8 Å². The minimum absolute atomic E-state index is 0.492. The van der Waals surface area contributed by atoms with Gasteiger partial charge in [-0.2, -0.15) is 0 Å². The second kappa shape index (κ2) is 7.92.